The maximum absolute atomic E-state index is 12.8. The topological polar surface area (TPSA) is 52.7 Å². The van der Waals surface area contributed by atoms with Gasteiger partial charge >= 0.3 is 0 Å². The van der Waals surface area contributed by atoms with Crippen molar-refractivity contribution in [2.45, 2.75) is 32.7 Å². The summed E-state index contributed by atoms with van der Waals surface area (Å²) in [6.45, 7) is 5.44. The first-order valence-electron chi connectivity index (χ1n) is 10.6. The fourth-order valence-corrected chi connectivity index (χ4v) is 4.11. The molecule has 1 aliphatic carbocycles. The predicted octanol–water partition coefficient (Wildman–Crippen LogP) is 3.91. The zero-order valence-electron chi connectivity index (χ0n) is 17.0. The largest absolute Gasteiger partial charge is 0.372 e. The molecule has 4 rings (SSSR count). The van der Waals surface area contributed by atoms with Crippen LogP contribution in [0.1, 0.15) is 31.7 Å². The summed E-state index contributed by atoms with van der Waals surface area (Å²) < 4.78 is 0. The van der Waals surface area contributed by atoms with E-state index in [9.17, 15) is 9.59 Å². The van der Waals surface area contributed by atoms with Crippen molar-refractivity contribution in [1.82, 2.24) is 4.90 Å². The zero-order chi connectivity index (χ0) is 20.2. The van der Waals surface area contributed by atoms with Gasteiger partial charge in [0.1, 0.15) is 0 Å². The molecule has 2 unspecified atom stereocenters. The van der Waals surface area contributed by atoms with Gasteiger partial charge < -0.3 is 15.1 Å². The maximum Gasteiger partial charge on any atom is 0.228 e. The number of amides is 2. The molecule has 1 heterocycles. The second-order valence-corrected chi connectivity index (χ2v) is 8.02. The van der Waals surface area contributed by atoms with E-state index in [-0.39, 0.29) is 23.7 Å². The molecule has 29 heavy (non-hydrogen) atoms. The molecule has 2 atom stereocenters. The van der Waals surface area contributed by atoms with Gasteiger partial charge in [0, 0.05) is 37.6 Å². The predicted molar refractivity (Wildman–Crippen MR) is 116 cm³/mol. The Bertz CT molecular complexity index is 844. The highest BCUT2D eigenvalue weighted by molar-refractivity contribution is 5.99. The standard InChI is InChI=1S/C24H29N3O2/c1-2-26(17-18-8-4-3-5-9-18)24(29)22-16-21(22)23(28)25-19-10-12-20(13-11-19)27-14-6-7-15-27/h3-5,8-13,21-22H,2,6-7,14-17H2,1H3,(H,25,28). The lowest BCUT2D eigenvalue weighted by atomic mass is 10.2. The molecule has 0 aromatic heterocycles. The summed E-state index contributed by atoms with van der Waals surface area (Å²) >= 11 is 0. The number of hydrogen-bond acceptors (Lipinski definition) is 3. The molecule has 0 bridgehead atoms. The molecule has 5 heteroatoms. The summed E-state index contributed by atoms with van der Waals surface area (Å²) in [5.74, 6) is -0.373. The summed E-state index contributed by atoms with van der Waals surface area (Å²) in [4.78, 5) is 29.7. The second kappa shape index (κ2) is 8.68. The van der Waals surface area contributed by atoms with Crippen molar-refractivity contribution in [1.29, 1.82) is 0 Å². The highest BCUT2D eigenvalue weighted by Crippen LogP contribution is 2.41. The Morgan fingerprint density at radius 2 is 1.69 bits per heavy atom. The average Bonchev–Trinajstić information content (AvgIpc) is 3.38. The van der Waals surface area contributed by atoms with Gasteiger partial charge in [0.05, 0.1) is 11.8 Å². The summed E-state index contributed by atoms with van der Waals surface area (Å²) in [6.07, 6.45) is 3.13. The number of hydrogen-bond donors (Lipinski definition) is 1. The number of anilines is 2. The van der Waals surface area contributed by atoms with Gasteiger partial charge in [-0.25, -0.2) is 0 Å². The van der Waals surface area contributed by atoms with Crippen LogP contribution in [0, 0.1) is 11.8 Å². The van der Waals surface area contributed by atoms with Crippen molar-refractivity contribution >= 4 is 23.2 Å². The molecule has 5 nitrogen and oxygen atoms in total. The van der Waals surface area contributed by atoms with Gasteiger partial charge in [-0.3, -0.25) is 9.59 Å². The maximum atomic E-state index is 12.8. The first kappa shape index (κ1) is 19.5. The molecule has 1 saturated heterocycles. The van der Waals surface area contributed by atoms with E-state index in [0.29, 0.717) is 19.5 Å². The van der Waals surface area contributed by atoms with E-state index in [1.165, 1.54) is 18.5 Å². The average molecular weight is 392 g/mol. The van der Waals surface area contributed by atoms with Crippen LogP contribution in [-0.2, 0) is 16.1 Å². The molecular formula is C24H29N3O2. The lowest BCUT2D eigenvalue weighted by Gasteiger charge is -2.21. The van der Waals surface area contributed by atoms with E-state index in [1.807, 2.05) is 54.3 Å². The molecule has 152 valence electrons. The molecule has 1 N–H and O–H groups in total. The van der Waals surface area contributed by atoms with E-state index < -0.39 is 0 Å². The smallest absolute Gasteiger partial charge is 0.228 e. The van der Waals surface area contributed by atoms with Gasteiger partial charge in [-0.15, -0.1) is 0 Å². The van der Waals surface area contributed by atoms with Crippen molar-refractivity contribution in [2.24, 2.45) is 11.8 Å². The quantitative estimate of drug-likeness (QED) is 0.779. The number of rotatable bonds is 7. The highest BCUT2D eigenvalue weighted by Gasteiger charge is 2.49. The second-order valence-electron chi connectivity index (χ2n) is 8.02. The SMILES string of the molecule is CCN(Cc1ccccc1)C(=O)C1CC1C(=O)Nc1ccc(N2CCCC2)cc1. The highest BCUT2D eigenvalue weighted by atomic mass is 16.2. The first-order chi connectivity index (χ1) is 14.2. The molecule has 2 aromatic rings. The van der Waals surface area contributed by atoms with E-state index in [0.717, 1.165) is 24.3 Å². The number of carbonyl (C=O) groups is 2. The van der Waals surface area contributed by atoms with Crippen LogP contribution in [0.2, 0.25) is 0 Å². The van der Waals surface area contributed by atoms with Crippen LogP contribution < -0.4 is 10.2 Å². The molecule has 1 saturated carbocycles. The van der Waals surface area contributed by atoms with Crippen LogP contribution in [0.5, 0.6) is 0 Å². The summed E-state index contributed by atoms with van der Waals surface area (Å²) in [6, 6.07) is 18.0. The number of benzene rings is 2. The van der Waals surface area contributed by atoms with Crippen LogP contribution in [0.4, 0.5) is 11.4 Å². The minimum absolute atomic E-state index is 0.0481. The number of nitrogens with one attached hydrogen (secondary N) is 1. The monoisotopic (exact) mass is 391 g/mol. The van der Waals surface area contributed by atoms with E-state index in [4.69, 9.17) is 0 Å². The van der Waals surface area contributed by atoms with Crippen LogP contribution in [0.25, 0.3) is 0 Å². The molecule has 0 radical (unpaired) electrons. The Labute approximate surface area is 172 Å². The van der Waals surface area contributed by atoms with Gasteiger partial charge in [-0.1, -0.05) is 30.3 Å². The Morgan fingerprint density at radius 3 is 2.34 bits per heavy atom. The summed E-state index contributed by atoms with van der Waals surface area (Å²) in [5, 5.41) is 2.98. The van der Waals surface area contributed by atoms with Gasteiger partial charge in [0.25, 0.3) is 0 Å². The minimum atomic E-state index is -0.217. The first-order valence-corrected chi connectivity index (χ1v) is 10.6. The Hall–Kier alpha value is -2.82. The van der Waals surface area contributed by atoms with Crippen LogP contribution in [0.15, 0.2) is 54.6 Å². The van der Waals surface area contributed by atoms with Crippen LogP contribution >= 0.6 is 0 Å². The molecule has 2 amide bonds. The van der Waals surface area contributed by atoms with Crippen molar-refractivity contribution in [3.05, 3.63) is 60.2 Å². The van der Waals surface area contributed by atoms with Gasteiger partial charge in [-0.2, -0.15) is 0 Å². The van der Waals surface area contributed by atoms with E-state index in [1.54, 1.807) is 0 Å². The Balaban J connectivity index is 1.30. The van der Waals surface area contributed by atoms with Crippen molar-refractivity contribution in [2.75, 3.05) is 29.9 Å². The molecule has 0 spiro atoms. The van der Waals surface area contributed by atoms with Crippen molar-refractivity contribution < 1.29 is 9.59 Å². The Morgan fingerprint density at radius 1 is 1.00 bits per heavy atom. The molecule has 1 aliphatic heterocycles. The van der Waals surface area contributed by atoms with Gasteiger partial charge in [-0.05, 0) is 56.0 Å². The van der Waals surface area contributed by atoms with Crippen LogP contribution in [-0.4, -0.2) is 36.3 Å². The molecule has 2 fully saturated rings. The summed E-state index contributed by atoms with van der Waals surface area (Å²) in [7, 11) is 0. The molecule has 2 aliphatic rings. The van der Waals surface area contributed by atoms with E-state index in [2.05, 4.69) is 22.3 Å². The zero-order valence-corrected chi connectivity index (χ0v) is 17.0. The lowest BCUT2D eigenvalue weighted by Crippen LogP contribution is -2.33. The van der Waals surface area contributed by atoms with E-state index >= 15 is 0 Å². The molecule has 2 aromatic carbocycles. The lowest BCUT2D eigenvalue weighted by molar-refractivity contribution is -0.134. The normalized spacial score (nSPS) is 20.4. The fraction of sp³-hybridized carbons (Fsp3) is 0.417. The molecular weight excluding hydrogens is 362 g/mol. The van der Waals surface area contributed by atoms with Gasteiger partial charge in [0.15, 0.2) is 0 Å². The van der Waals surface area contributed by atoms with Crippen molar-refractivity contribution in [3.8, 4) is 0 Å². The summed E-state index contributed by atoms with van der Waals surface area (Å²) in [5.41, 5.74) is 3.12. The Kier molecular flexibility index (Phi) is 5.84. The fourth-order valence-electron chi connectivity index (χ4n) is 4.11. The third-order valence-corrected chi connectivity index (χ3v) is 5.96. The third kappa shape index (κ3) is 4.61. The van der Waals surface area contributed by atoms with Crippen LogP contribution in [0.3, 0.4) is 0 Å². The minimum Gasteiger partial charge on any atom is -0.372 e. The number of nitrogens with zero attached hydrogens (tertiary/aromatic N) is 2. The number of carbonyl (C=O) groups excluding carboxylic acids is 2. The van der Waals surface area contributed by atoms with Crippen molar-refractivity contribution in [3.63, 3.8) is 0 Å². The third-order valence-electron chi connectivity index (χ3n) is 5.96. The van der Waals surface area contributed by atoms with Gasteiger partial charge in [0.2, 0.25) is 11.8 Å².